The topological polar surface area (TPSA) is 33.1 Å². The Morgan fingerprint density at radius 1 is 1.28 bits per heavy atom. The first-order chi connectivity index (χ1) is 8.71. The second kappa shape index (κ2) is 8.27. The highest BCUT2D eigenvalue weighted by atomic mass is 15.3. The molecule has 0 amide bonds. The number of hydrogen-bond donors (Lipinski definition) is 1. The molecule has 0 saturated heterocycles. The van der Waals surface area contributed by atoms with E-state index in [1.54, 1.807) is 0 Å². The molecule has 1 N–H and O–H groups in total. The van der Waals surface area contributed by atoms with Gasteiger partial charge in [-0.15, -0.1) is 0 Å². The Morgan fingerprint density at radius 3 is 2.67 bits per heavy atom. The molecular formula is C14H28N4. The molecule has 4 heteroatoms. The van der Waals surface area contributed by atoms with E-state index in [1.165, 1.54) is 17.8 Å². The summed E-state index contributed by atoms with van der Waals surface area (Å²) >= 11 is 0. The van der Waals surface area contributed by atoms with Gasteiger partial charge in [0.25, 0.3) is 0 Å². The van der Waals surface area contributed by atoms with Crippen molar-refractivity contribution >= 4 is 0 Å². The van der Waals surface area contributed by atoms with Crippen molar-refractivity contribution in [2.75, 3.05) is 26.7 Å². The fourth-order valence-electron chi connectivity index (χ4n) is 2.02. The molecular weight excluding hydrogens is 224 g/mol. The predicted molar refractivity (Wildman–Crippen MR) is 76.8 cm³/mol. The molecule has 0 aliphatic rings. The zero-order chi connectivity index (χ0) is 13.4. The molecule has 0 unspecified atom stereocenters. The van der Waals surface area contributed by atoms with Crippen LogP contribution in [0.4, 0.5) is 0 Å². The van der Waals surface area contributed by atoms with E-state index in [0.717, 1.165) is 39.1 Å². The zero-order valence-corrected chi connectivity index (χ0v) is 12.4. The van der Waals surface area contributed by atoms with Gasteiger partial charge in [-0.1, -0.05) is 13.8 Å². The maximum atomic E-state index is 4.58. The fourth-order valence-corrected chi connectivity index (χ4v) is 2.02. The molecule has 0 aliphatic carbocycles. The van der Waals surface area contributed by atoms with Crippen molar-refractivity contribution in [3.8, 4) is 0 Å². The quantitative estimate of drug-likeness (QED) is 0.681. The van der Waals surface area contributed by atoms with Gasteiger partial charge < -0.3 is 5.32 Å². The van der Waals surface area contributed by atoms with E-state index in [1.807, 2.05) is 0 Å². The van der Waals surface area contributed by atoms with Crippen molar-refractivity contribution < 1.29 is 0 Å². The van der Waals surface area contributed by atoms with E-state index in [-0.39, 0.29) is 0 Å². The van der Waals surface area contributed by atoms with Crippen LogP contribution in [0.3, 0.4) is 0 Å². The van der Waals surface area contributed by atoms with Crippen LogP contribution in [0.1, 0.15) is 38.6 Å². The van der Waals surface area contributed by atoms with Gasteiger partial charge in [-0.05, 0) is 39.4 Å². The van der Waals surface area contributed by atoms with Gasteiger partial charge in [0.2, 0.25) is 0 Å². The van der Waals surface area contributed by atoms with Gasteiger partial charge in [-0.2, -0.15) is 5.10 Å². The monoisotopic (exact) mass is 252 g/mol. The first-order valence-electron chi connectivity index (χ1n) is 7.16. The van der Waals surface area contributed by atoms with Gasteiger partial charge in [0.15, 0.2) is 0 Å². The van der Waals surface area contributed by atoms with E-state index < -0.39 is 0 Å². The minimum absolute atomic E-state index is 0.956. The van der Waals surface area contributed by atoms with Crippen LogP contribution in [0, 0.1) is 0 Å². The van der Waals surface area contributed by atoms with Crippen LogP contribution < -0.4 is 5.32 Å². The van der Waals surface area contributed by atoms with E-state index in [9.17, 15) is 0 Å². The van der Waals surface area contributed by atoms with Crippen LogP contribution in [-0.2, 0) is 19.5 Å². The number of likely N-dealkylation sites (N-methyl/N-ethyl adjacent to an activating group) is 1. The number of aryl methyl sites for hydroxylation is 2. The molecule has 0 spiro atoms. The van der Waals surface area contributed by atoms with Crippen LogP contribution in [-0.4, -0.2) is 41.4 Å². The highest BCUT2D eigenvalue weighted by Gasteiger charge is 2.08. The first kappa shape index (κ1) is 15.2. The molecule has 18 heavy (non-hydrogen) atoms. The average molecular weight is 252 g/mol. The fraction of sp³-hybridized carbons (Fsp3) is 0.786. The smallest absolute Gasteiger partial charge is 0.0625 e. The van der Waals surface area contributed by atoms with Gasteiger partial charge in [-0.25, -0.2) is 0 Å². The maximum Gasteiger partial charge on any atom is 0.0625 e. The lowest BCUT2D eigenvalue weighted by atomic mass is 10.3. The van der Waals surface area contributed by atoms with Gasteiger partial charge >= 0.3 is 0 Å². The van der Waals surface area contributed by atoms with Crippen LogP contribution in [0.15, 0.2) is 6.07 Å². The van der Waals surface area contributed by atoms with E-state index in [2.05, 4.69) is 53.9 Å². The molecule has 0 aromatic carbocycles. The van der Waals surface area contributed by atoms with E-state index in [4.69, 9.17) is 0 Å². The van der Waals surface area contributed by atoms with Crippen molar-refractivity contribution in [2.45, 2.75) is 46.7 Å². The number of rotatable bonds is 9. The Kier molecular flexibility index (Phi) is 6.98. The lowest BCUT2D eigenvalue weighted by molar-refractivity contribution is 0.313. The summed E-state index contributed by atoms with van der Waals surface area (Å²) in [6.45, 7) is 11.7. The summed E-state index contributed by atoms with van der Waals surface area (Å²) < 4.78 is 2.12. The largest absolute Gasteiger partial charge is 0.315 e. The summed E-state index contributed by atoms with van der Waals surface area (Å²) in [6.07, 6.45) is 2.22. The third-order valence-corrected chi connectivity index (χ3v) is 3.10. The Labute approximate surface area is 111 Å². The normalized spacial score (nSPS) is 11.4. The predicted octanol–water partition coefficient (Wildman–Crippen LogP) is 1.90. The maximum absolute atomic E-state index is 4.58. The molecule has 1 aromatic heterocycles. The van der Waals surface area contributed by atoms with E-state index in [0.29, 0.717) is 0 Å². The molecule has 0 bridgehead atoms. The SMILES string of the molecule is CCCNCCN(C)Cc1cc(CC)nn1CC. The van der Waals surface area contributed by atoms with Crippen LogP contribution in [0.25, 0.3) is 0 Å². The van der Waals surface area contributed by atoms with Crippen LogP contribution in [0.2, 0.25) is 0 Å². The summed E-state index contributed by atoms with van der Waals surface area (Å²) in [5, 5.41) is 8.02. The second-order valence-corrected chi connectivity index (χ2v) is 4.78. The Hall–Kier alpha value is -0.870. The highest BCUT2D eigenvalue weighted by molar-refractivity contribution is 5.10. The number of nitrogens with zero attached hydrogens (tertiary/aromatic N) is 3. The molecule has 1 aromatic rings. The molecule has 0 radical (unpaired) electrons. The minimum atomic E-state index is 0.956. The lowest BCUT2D eigenvalue weighted by Crippen LogP contribution is -2.30. The van der Waals surface area contributed by atoms with Crippen molar-refractivity contribution in [3.63, 3.8) is 0 Å². The van der Waals surface area contributed by atoms with E-state index >= 15 is 0 Å². The Bertz CT molecular complexity index is 333. The first-order valence-corrected chi connectivity index (χ1v) is 7.16. The molecule has 4 nitrogen and oxygen atoms in total. The molecule has 1 rings (SSSR count). The Morgan fingerprint density at radius 2 is 2.06 bits per heavy atom. The standard InChI is InChI=1S/C14H28N4/c1-5-8-15-9-10-17(4)12-14-11-13(6-2)16-18(14)7-3/h11,15H,5-10,12H2,1-4H3. The highest BCUT2D eigenvalue weighted by Crippen LogP contribution is 2.07. The van der Waals surface area contributed by atoms with Crippen LogP contribution >= 0.6 is 0 Å². The summed E-state index contributed by atoms with van der Waals surface area (Å²) in [4.78, 5) is 2.35. The number of nitrogens with one attached hydrogen (secondary N) is 1. The third-order valence-electron chi connectivity index (χ3n) is 3.10. The minimum Gasteiger partial charge on any atom is -0.315 e. The van der Waals surface area contributed by atoms with Gasteiger partial charge in [-0.3, -0.25) is 9.58 Å². The van der Waals surface area contributed by atoms with Gasteiger partial charge in [0.1, 0.15) is 0 Å². The summed E-state index contributed by atoms with van der Waals surface area (Å²) in [6, 6.07) is 2.24. The second-order valence-electron chi connectivity index (χ2n) is 4.78. The summed E-state index contributed by atoms with van der Waals surface area (Å²) in [5.41, 5.74) is 2.52. The third kappa shape index (κ3) is 4.78. The molecule has 1 heterocycles. The number of aromatic nitrogens is 2. The molecule has 0 fully saturated rings. The Balaban J connectivity index is 2.42. The summed E-state index contributed by atoms with van der Waals surface area (Å²) in [5.74, 6) is 0. The molecule has 0 saturated carbocycles. The molecule has 104 valence electrons. The zero-order valence-electron chi connectivity index (χ0n) is 12.4. The average Bonchev–Trinajstić information content (AvgIpc) is 2.77. The van der Waals surface area contributed by atoms with Crippen molar-refractivity contribution in [1.82, 2.24) is 20.0 Å². The molecule has 0 atom stereocenters. The van der Waals surface area contributed by atoms with Crippen LogP contribution in [0.5, 0.6) is 0 Å². The lowest BCUT2D eigenvalue weighted by Gasteiger charge is -2.17. The van der Waals surface area contributed by atoms with Crippen molar-refractivity contribution in [3.05, 3.63) is 17.5 Å². The van der Waals surface area contributed by atoms with Gasteiger partial charge in [0, 0.05) is 26.2 Å². The van der Waals surface area contributed by atoms with Gasteiger partial charge in [0.05, 0.1) is 11.4 Å². The van der Waals surface area contributed by atoms with Crippen molar-refractivity contribution in [2.24, 2.45) is 0 Å². The molecule has 0 aliphatic heterocycles. The number of hydrogen-bond acceptors (Lipinski definition) is 3. The van der Waals surface area contributed by atoms with Crippen molar-refractivity contribution in [1.29, 1.82) is 0 Å². The summed E-state index contributed by atoms with van der Waals surface area (Å²) in [7, 11) is 2.17.